The molecule has 226 valence electrons. The van der Waals surface area contributed by atoms with Crippen LogP contribution in [0.1, 0.15) is 89.9 Å². The first-order valence-corrected chi connectivity index (χ1v) is 14.7. The Morgan fingerprint density at radius 1 is 0.475 bits per heavy atom. The molecule has 0 saturated heterocycles. The van der Waals surface area contributed by atoms with Crippen LogP contribution in [0.4, 0.5) is 0 Å². The van der Waals surface area contributed by atoms with E-state index in [1.165, 1.54) is 0 Å². The zero-order valence-electron chi connectivity index (χ0n) is 23.7. The summed E-state index contributed by atoms with van der Waals surface area (Å²) in [6.07, 6.45) is 17.5. The van der Waals surface area contributed by atoms with Gasteiger partial charge in [-0.3, -0.25) is 19.2 Å². The molecule has 2 aliphatic rings. The van der Waals surface area contributed by atoms with Gasteiger partial charge in [-0.1, -0.05) is 24.3 Å². The van der Waals surface area contributed by atoms with Gasteiger partial charge in [-0.25, -0.2) is 0 Å². The highest BCUT2D eigenvalue weighted by atomic mass is 16.6. The van der Waals surface area contributed by atoms with Gasteiger partial charge < -0.3 is 28.4 Å². The van der Waals surface area contributed by atoms with Gasteiger partial charge >= 0.3 is 23.9 Å². The van der Waals surface area contributed by atoms with Gasteiger partial charge in [-0.05, 0) is 64.2 Å². The van der Waals surface area contributed by atoms with Crippen molar-refractivity contribution in [2.24, 2.45) is 0 Å². The lowest BCUT2D eigenvalue weighted by molar-refractivity contribution is -0.155. The molecule has 0 aromatic carbocycles. The molecule has 0 saturated carbocycles. The molecule has 0 N–H and O–H groups in total. The summed E-state index contributed by atoms with van der Waals surface area (Å²) in [7, 11) is 0. The molecule has 0 heterocycles. The van der Waals surface area contributed by atoms with E-state index in [1.807, 2.05) is 0 Å². The summed E-state index contributed by atoms with van der Waals surface area (Å²) in [5.41, 5.74) is 0. The van der Waals surface area contributed by atoms with E-state index in [0.717, 1.165) is 64.2 Å². The summed E-state index contributed by atoms with van der Waals surface area (Å²) in [5.74, 6) is -1.67. The Morgan fingerprint density at radius 2 is 0.850 bits per heavy atom. The van der Waals surface area contributed by atoms with Crippen LogP contribution >= 0.6 is 0 Å². The Balaban J connectivity index is 1.35. The van der Waals surface area contributed by atoms with Gasteiger partial charge in [0.1, 0.15) is 25.4 Å². The molecule has 2 rings (SSSR count). The van der Waals surface area contributed by atoms with Gasteiger partial charge in [-0.2, -0.15) is 0 Å². The molecular formula is C30H46O10. The molecule has 0 aromatic rings. The summed E-state index contributed by atoms with van der Waals surface area (Å²) in [4.78, 5) is 47.6. The maximum atomic E-state index is 12.0. The zero-order chi connectivity index (χ0) is 28.7. The zero-order valence-corrected chi connectivity index (χ0v) is 23.7. The highest BCUT2D eigenvalue weighted by molar-refractivity contribution is 5.78. The first kappa shape index (κ1) is 33.5. The third-order valence-corrected chi connectivity index (χ3v) is 6.45. The van der Waals surface area contributed by atoms with Crippen LogP contribution in [-0.4, -0.2) is 75.7 Å². The van der Waals surface area contributed by atoms with Crippen molar-refractivity contribution in [2.45, 2.75) is 102 Å². The quantitative estimate of drug-likeness (QED) is 0.107. The van der Waals surface area contributed by atoms with Crippen molar-refractivity contribution in [3.05, 3.63) is 24.3 Å². The first-order chi connectivity index (χ1) is 19.5. The fraction of sp³-hybridized carbons (Fsp3) is 0.733. The minimum atomic E-state index is -0.468. The third kappa shape index (κ3) is 17.8. The molecule has 0 radical (unpaired) electrons. The van der Waals surface area contributed by atoms with Crippen molar-refractivity contribution >= 4 is 23.9 Å². The number of allylic oxidation sites excluding steroid dienone is 4. The Kier molecular flexibility index (Phi) is 18.4. The van der Waals surface area contributed by atoms with E-state index in [1.54, 1.807) is 0 Å². The molecule has 2 atom stereocenters. The predicted molar refractivity (Wildman–Crippen MR) is 146 cm³/mol. The molecule has 0 bridgehead atoms. The lowest BCUT2D eigenvalue weighted by Crippen LogP contribution is -2.20. The average molecular weight is 567 g/mol. The third-order valence-electron chi connectivity index (χ3n) is 6.45. The second kappa shape index (κ2) is 22.0. The van der Waals surface area contributed by atoms with Crippen LogP contribution in [0, 0.1) is 0 Å². The number of carbonyl (C=O) groups excluding carboxylic acids is 4. The molecule has 10 heteroatoms. The van der Waals surface area contributed by atoms with Crippen molar-refractivity contribution < 1.29 is 47.6 Å². The van der Waals surface area contributed by atoms with Gasteiger partial charge in [0, 0.05) is 0 Å². The monoisotopic (exact) mass is 566 g/mol. The van der Waals surface area contributed by atoms with Crippen molar-refractivity contribution in [2.75, 3.05) is 39.6 Å². The normalized spacial score (nSPS) is 21.0. The Morgan fingerprint density at radius 3 is 1.30 bits per heavy atom. The molecule has 10 nitrogen and oxygen atoms in total. The van der Waals surface area contributed by atoms with Gasteiger partial charge in [0.05, 0.1) is 52.1 Å². The summed E-state index contributed by atoms with van der Waals surface area (Å²) in [5, 5.41) is 0. The highest BCUT2D eigenvalue weighted by Crippen LogP contribution is 2.17. The fourth-order valence-corrected chi connectivity index (χ4v) is 4.28. The van der Waals surface area contributed by atoms with Crippen LogP contribution in [0.15, 0.2) is 24.3 Å². The number of esters is 4. The van der Waals surface area contributed by atoms with Crippen molar-refractivity contribution in [1.29, 1.82) is 0 Å². The molecule has 40 heavy (non-hydrogen) atoms. The molecule has 2 unspecified atom stereocenters. The van der Waals surface area contributed by atoms with E-state index < -0.39 is 11.9 Å². The summed E-state index contributed by atoms with van der Waals surface area (Å²) in [6, 6.07) is 0. The van der Waals surface area contributed by atoms with Gasteiger partial charge in [-0.15, -0.1) is 0 Å². The topological polar surface area (TPSA) is 124 Å². The van der Waals surface area contributed by atoms with E-state index >= 15 is 0 Å². The molecule has 0 aliphatic heterocycles. The second-order valence-electron chi connectivity index (χ2n) is 9.85. The maximum absolute atomic E-state index is 12.0. The molecular weight excluding hydrogens is 520 g/mol. The number of carbonyl (C=O) groups is 4. The van der Waals surface area contributed by atoms with E-state index in [2.05, 4.69) is 24.3 Å². The van der Waals surface area contributed by atoms with Gasteiger partial charge in [0.2, 0.25) is 0 Å². The van der Waals surface area contributed by atoms with Crippen molar-refractivity contribution in [1.82, 2.24) is 0 Å². The summed E-state index contributed by atoms with van der Waals surface area (Å²) >= 11 is 0. The highest BCUT2D eigenvalue weighted by Gasteiger charge is 2.17. The number of hydrogen-bond donors (Lipinski definition) is 0. The van der Waals surface area contributed by atoms with Crippen LogP contribution in [0.3, 0.4) is 0 Å². The number of hydrogen-bond acceptors (Lipinski definition) is 10. The Bertz CT molecular complexity index is 740. The Hall–Kier alpha value is -2.72. The lowest BCUT2D eigenvalue weighted by Gasteiger charge is -2.18. The van der Waals surface area contributed by atoms with Crippen molar-refractivity contribution in [3.63, 3.8) is 0 Å². The van der Waals surface area contributed by atoms with E-state index in [4.69, 9.17) is 28.4 Å². The fourth-order valence-electron chi connectivity index (χ4n) is 4.28. The second-order valence-corrected chi connectivity index (χ2v) is 9.85. The van der Waals surface area contributed by atoms with Crippen LogP contribution in [0.2, 0.25) is 0 Å². The average Bonchev–Trinajstić information content (AvgIpc) is 2.90. The van der Waals surface area contributed by atoms with E-state index in [9.17, 15) is 19.2 Å². The minimum Gasteiger partial charge on any atom is -0.463 e. The van der Waals surface area contributed by atoms with Crippen LogP contribution in [0.5, 0.6) is 0 Å². The van der Waals surface area contributed by atoms with Gasteiger partial charge in [0.15, 0.2) is 0 Å². The van der Waals surface area contributed by atoms with E-state index in [0.29, 0.717) is 0 Å². The summed E-state index contributed by atoms with van der Waals surface area (Å²) < 4.78 is 31.8. The van der Waals surface area contributed by atoms with E-state index in [-0.39, 0.29) is 89.5 Å². The lowest BCUT2D eigenvalue weighted by atomic mass is 10.0. The van der Waals surface area contributed by atoms with Crippen LogP contribution in [-0.2, 0) is 47.6 Å². The van der Waals surface area contributed by atoms with Crippen molar-refractivity contribution in [3.8, 4) is 0 Å². The maximum Gasteiger partial charge on any atom is 0.306 e. The number of rotatable bonds is 17. The Labute approximate surface area is 237 Å². The smallest absolute Gasteiger partial charge is 0.306 e. The molecule has 0 aromatic heterocycles. The SMILES string of the molecule is O=C(CCC(=O)OC1CC/C=C\CCC1)OCCOCCOCCOC(=O)CCC(=O)OC1CC/C=C\CCC1. The number of ether oxygens (including phenoxy) is 6. The standard InChI is InChI=1S/C30H46O10/c31-27(15-17-29(33)39-25-11-7-3-1-4-8-12-25)37-23-21-35-19-20-36-22-24-38-28(32)16-18-30(34)40-26-13-9-5-2-6-10-14-26/h1-3,5,25-26H,4,6-24H2/b3-1-,5-2-. The molecule has 0 fully saturated rings. The van der Waals surface area contributed by atoms with Crippen LogP contribution in [0.25, 0.3) is 0 Å². The predicted octanol–water partition coefficient (Wildman–Crippen LogP) is 4.53. The molecule has 0 amide bonds. The first-order valence-electron chi connectivity index (χ1n) is 14.7. The molecule has 0 spiro atoms. The minimum absolute atomic E-state index is 0.00694. The largest absolute Gasteiger partial charge is 0.463 e. The van der Waals surface area contributed by atoms with Crippen LogP contribution < -0.4 is 0 Å². The van der Waals surface area contributed by atoms with Gasteiger partial charge in [0.25, 0.3) is 0 Å². The summed E-state index contributed by atoms with van der Waals surface area (Å²) in [6.45, 7) is 1.16. The molecule has 2 aliphatic carbocycles.